The van der Waals surface area contributed by atoms with Crippen molar-refractivity contribution in [1.82, 2.24) is 19.3 Å². The van der Waals surface area contributed by atoms with Crippen LogP contribution in [0.4, 0.5) is 4.39 Å². The minimum absolute atomic E-state index is 0.173. The van der Waals surface area contributed by atoms with Gasteiger partial charge in [0, 0.05) is 40.2 Å². The normalized spacial score (nSPS) is 11.5. The molecule has 0 aliphatic carbocycles. The number of hydrogen-bond acceptors (Lipinski definition) is 3. The molecule has 0 fully saturated rings. The standard InChI is InChI=1S/C24H18BrFN4O/c1-15-14-29(22-12-19(26)3-4-20(15)22)23-6-7-24(31)30(28-23)9-8-16-2-5-21-17(10-16)11-18(25)13-27-21/h2-7,10-14H,8-9H2,1H3. The van der Waals surface area contributed by atoms with Crippen LogP contribution in [0.5, 0.6) is 0 Å². The summed E-state index contributed by atoms with van der Waals surface area (Å²) in [5.74, 6) is 0.271. The van der Waals surface area contributed by atoms with Crippen molar-refractivity contribution in [3.8, 4) is 5.82 Å². The van der Waals surface area contributed by atoms with E-state index < -0.39 is 0 Å². The van der Waals surface area contributed by atoms with Crippen molar-refractivity contribution in [3.05, 3.63) is 98.8 Å². The van der Waals surface area contributed by atoms with Crippen LogP contribution in [0.1, 0.15) is 11.1 Å². The molecular formula is C24H18BrFN4O. The van der Waals surface area contributed by atoms with Crippen molar-refractivity contribution in [1.29, 1.82) is 0 Å². The van der Waals surface area contributed by atoms with Gasteiger partial charge >= 0.3 is 0 Å². The molecule has 0 saturated carbocycles. The summed E-state index contributed by atoms with van der Waals surface area (Å²) >= 11 is 3.45. The van der Waals surface area contributed by atoms with Gasteiger partial charge in [-0.3, -0.25) is 14.3 Å². The van der Waals surface area contributed by atoms with Gasteiger partial charge in [-0.2, -0.15) is 5.10 Å². The summed E-state index contributed by atoms with van der Waals surface area (Å²) in [6.07, 6.45) is 4.34. The quantitative estimate of drug-likeness (QED) is 0.358. The third-order valence-corrected chi connectivity index (χ3v) is 5.82. The first-order chi connectivity index (χ1) is 15.0. The van der Waals surface area contributed by atoms with E-state index in [1.165, 1.54) is 22.9 Å². The Balaban J connectivity index is 1.47. The minimum Gasteiger partial charge on any atom is -0.299 e. The van der Waals surface area contributed by atoms with E-state index in [0.717, 1.165) is 37.4 Å². The van der Waals surface area contributed by atoms with Gasteiger partial charge in [0.15, 0.2) is 5.82 Å². The zero-order valence-corrected chi connectivity index (χ0v) is 18.3. The van der Waals surface area contributed by atoms with Crippen LogP contribution < -0.4 is 5.56 Å². The number of rotatable bonds is 4. The van der Waals surface area contributed by atoms with Crippen molar-refractivity contribution >= 4 is 37.7 Å². The van der Waals surface area contributed by atoms with Crippen LogP contribution >= 0.6 is 15.9 Å². The molecule has 0 atom stereocenters. The number of hydrogen-bond donors (Lipinski definition) is 0. The van der Waals surface area contributed by atoms with Crippen LogP contribution in [-0.4, -0.2) is 19.3 Å². The maximum Gasteiger partial charge on any atom is 0.266 e. The summed E-state index contributed by atoms with van der Waals surface area (Å²) in [5.41, 5.74) is 3.59. The maximum absolute atomic E-state index is 13.8. The van der Waals surface area contributed by atoms with Gasteiger partial charge in [0.25, 0.3) is 5.56 Å². The van der Waals surface area contributed by atoms with Crippen molar-refractivity contribution in [2.24, 2.45) is 0 Å². The summed E-state index contributed by atoms with van der Waals surface area (Å²) < 4.78 is 18.0. The molecule has 2 aromatic carbocycles. The third-order valence-electron chi connectivity index (χ3n) is 5.39. The first-order valence-electron chi connectivity index (χ1n) is 9.88. The van der Waals surface area contributed by atoms with Gasteiger partial charge in [-0.05, 0) is 82.9 Å². The molecule has 0 amide bonds. The Kier molecular flexibility index (Phi) is 4.90. The van der Waals surface area contributed by atoms with Gasteiger partial charge in [0.05, 0.1) is 11.0 Å². The Morgan fingerprint density at radius 2 is 1.94 bits per heavy atom. The Hall–Kier alpha value is -3.32. The highest BCUT2D eigenvalue weighted by Gasteiger charge is 2.11. The SMILES string of the molecule is Cc1cn(-c2ccc(=O)n(CCc3ccc4ncc(Br)cc4c3)n2)c2cc(F)ccc12. The average molecular weight is 477 g/mol. The Bertz CT molecular complexity index is 1510. The number of nitrogens with zero attached hydrogens (tertiary/aromatic N) is 4. The first-order valence-corrected chi connectivity index (χ1v) is 10.7. The monoisotopic (exact) mass is 476 g/mol. The fourth-order valence-corrected chi connectivity index (χ4v) is 4.18. The number of aromatic nitrogens is 4. The van der Waals surface area contributed by atoms with Crippen LogP contribution in [0.3, 0.4) is 0 Å². The molecule has 5 nitrogen and oxygen atoms in total. The van der Waals surface area contributed by atoms with Gasteiger partial charge in [-0.15, -0.1) is 0 Å². The molecule has 31 heavy (non-hydrogen) atoms. The number of pyridine rings is 1. The molecule has 0 spiro atoms. The van der Waals surface area contributed by atoms with E-state index in [1.807, 2.05) is 35.9 Å². The van der Waals surface area contributed by atoms with Gasteiger partial charge in [0.1, 0.15) is 5.82 Å². The second-order valence-corrected chi connectivity index (χ2v) is 8.44. The Morgan fingerprint density at radius 3 is 2.81 bits per heavy atom. The topological polar surface area (TPSA) is 52.7 Å². The molecular weight excluding hydrogens is 459 g/mol. The molecule has 5 aromatic rings. The lowest BCUT2D eigenvalue weighted by molar-refractivity contribution is 0.572. The molecule has 3 heterocycles. The summed E-state index contributed by atoms with van der Waals surface area (Å²) in [4.78, 5) is 16.8. The highest BCUT2D eigenvalue weighted by molar-refractivity contribution is 9.10. The predicted octanol–water partition coefficient (Wildman–Crippen LogP) is 5.19. The van der Waals surface area contributed by atoms with E-state index in [1.54, 1.807) is 18.3 Å². The van der Waals surface area contributed by atoms with E-state index in [4.69, 9.17) is 0 Å². The molecule has 0 radical (unpaired) electrons. The lowest BCUT2D eigenvalue weighted by Gasteiger charge is -2.09. The fourth-order valence-electron chi connectivity index (χ4n) is 3.83. The van der Waals surface area contributed by atoms with Crippen LogP contribution in [0.2, 0.25) is 0 Å². The summed E-state index contributed by atoms with van der Waals surface area (Å²) in [6, 6.07) is 16.0. The van der Waals surface area contributed by atoms with Gasteiger partial charge < -0.3 is 0 Å². The number of fused-ring (bicyclic) bond motifs is 2. The first kappa shape index (κ1) is 19.6. The lowest BCUT2D eigenvalue weighted by atomic mass is 10.1. The van der Waals surface area contributed by atoms with E-state index in [9.17, 15) is 9.18 Å². The van der Waals surface area contributed by atoms with Crippen LogP contribution in [-0.2, 0) is 13.0 Å². The highest BCUT2D eigenvalue weighted by Crippen LogP contribution is 2.24. The summed E-state index contributed by atoms with van der Waals surface area (Å²) in [6.45, 7) is 2.41. The molecule has 5 rings (SSSR count). The summed E-state index contributed by atoms with van der Waals surface area (Å²) in [7, 11) is 0. The van der Waals surface area contributed by atoms with Crippen molar-refractivity contribution in [2.75, 3.05) is 0 Å². The second-order valence-electron chi connectivity index (χ2n) is 7.53. The zero-order valence-electron chi connectivity index (χ0n) is 16.7. The molecule has 0 unspecified atom stereocenters. The largest absolute Gasteiger partial charge is 0.299 e. The molecule has 7 heteroatoms. The lowest BCUT2D eigenvalue weighted by Crippen LogP contribution is -2.24. The van der Waals surface area contributed by atoms with Crippen LogP contribution in [0, 0.1) is 12.7 Å². The number of halogens is 2. The predicted molar refractivity (Wildman–Crippen MR) is 123 cm³/mol. The van der Waals surface area contributed by atoms with Gasteiger partial charge in [0.2, 0.25) is 0 Å². The second kappa shape index (κ2) is 7.74. The number of benzene rings is 2. The van der Waals surface area contributed by atoms with Crippen molar-refractivity contribution in [2.45, 2.75) is 19.9 Å². The molecule has 0 bridgehead atoms. The third kappa shape index (κ3) is 3.77. The Labute approximate surface area is 185 Å². The molecule has 0 saturated heterocycles. The van der Waals surface area contributed by atoms with Gasteiger partial charge in [-0.1, -0.05) is 6.07 Å². The molecule has 154 valence electrons. The number of aryl methyl sites for hydroxylation is 3. The van der Waals surface area contributed by atoms with Crippen LogP contribution in [0.25, 0.3) is 27.6 Å². The van der Waals surface area contributed by atoms with Crippen molar-refractivity contribution in [3.63, 3.8) is 0 Å². The smallest absolute Gasteiger partial charge is 0.266 e. The van der Waals surface area contributed by atoms with Crippen LogP contribution in [0.15, 0.2) is 76.3 Å². The Morgan fingerprint density at radius 1 is 1.06 bits per heavy atom. The molecule has 3 aromatic heterocycles. The fraction of sp³-hybridized carbons (Fsp3) is 0.125. The van der Waals surface area contributed by atoms with E-state index in [2.05, 4.69) is 32.1 Å². The van der Waals surface area contributed by atoms with E-state index in [0.29, 0.717) is 18.8 Å². The van der Waals surface area contributed by atoms with E-state index >= 15 is 0 Å². The highest BCUT2D eigenvalue weighted by atomic mass is 79.9. The molecule has 0 aliphatic rings. The van der Waals surface area contributed by atoms with Gasteiger partial charge in [-0.25, -0.2) is 9.07 Å². The summed E-state index contributed by atoms with van der Waals surface area (Å²) in [5, 5.41) is 6.55. The maximum atomic E-state index is 13.8. The van der Waals surface area contributed by atoms with Crippen molar-refractivity contribution < 1.29 is 4.39 Å². The molecule has 0 aliphatic heterocycles. The van der Waals surface area contributed by atoms with E-state index in [-0.39, 0.29) is 11.4 Å². The minimum atomic E-state index is -0.308. The molecule has 0 N–H and O–H groups in total. The average Bonchev–Trinajstić information content (AvgIpc) is 3.08. The zero-order chi connectivity index (χ0) is 21.5.